The second-order valence-corrected chi connectivity index (χ2v) is 2.62. The van der Waals surface area contributed by atoms with Crippen LogP contribution in [-0.2, 0) is 0 Å². The lowest BCUT2D eigenvalue weighted by atomic mass is 10.2. The summed E-state index contributed by atoms with van der Waals surface area (Å²) >= 11 is 0. The minimum absolute atomic E-state index is 0.0243. The summed E-state index contributed by atoms with van der Waals surface area (Å²) in [6.45, 7) is 2.73. The van der Waals surface area contributed by atoms with Gasteiger partial charge in [0, 0.05) is 6.54 Å². The van der Waals surface area contributed by atoms with E-state index in [4.69, 9.17) is 5.11 Å². The zero-order valence-electron chi connectivity index (χ0n) is 5.86. The summed E-state index contributed by atoms with van der Waals surface area (Å²) in [6.07, 6.45) is 0.652. The van der Waals surface area contributed by atoms with Gasteiger partial charge in [0.2, 0.25) is 0 Å². The molecule has 0 aliphatic carbocycles. The Morgan fingerprint density at radius 2 is 2.30 bits per heavy atom. The van der Waals surface area contributed by atoms with Crippen molar-refractivity contribution in [3.8, 4) is 0 Å². The minimum Gasteiger partial charge on any atom is -0.390 e. The quantitative estimate of drug-likeness (QED) is 0.557. The summed E-state index contributed by atoms with van der Waals surface area (Å²) in [5, 5.41) is 11.7. The molecule has 1 rings (SSSR count). The third-order valence-electron chi connectivity index (χ3n) is 1.70. The second kappa shape index (κ2) is 3.63. The molecule has 1 unspecified atom stereocenters. The molecule has 0 saturated carbocycles. The second-order valence-electron chi connectivity index (χ2n) is 2.62. The molecule has 0 radical (unpaired) electrons. The van der Waals surface area contributed by atoms with Crippen LogP contribution in [0.1, 0.15) is 6.42 Å². The predicted molar refractivity (Wildman–Crippen MR) is 37.7 cm³/mol. The molecule has 4 heteroatoms. The molecule has 1 aliphatic rings. The van der Waals surface area contributed by atoms with Crippen molar-refractivity contribution in [2.24, 2.45) is 5.18 Å². The van der Waals surface area contributed by atoms with E-state index in [-0.39, 0.29) is 6.54 Å². The lowest BCUT2D eigenvalue weighted by molar-refractivity contribution is 0.0839. The molecule has 1 N–H and O–H groups in total. The first-order chi connectivity index (χ1) is 4.83. The highest BCUT2D eigenvalue weighted by Crippen LogP contribution is 2.05. The first kappa shape index (κ1) is 7.63. The molecule has 58 valence electrons. The van der Waals surface area contributed by atoms with Crippen LogP contribution in [-0.4, -0.2) is 42.3 Å². The van der Waals surface area contributed by atoms with Gasteiger partial charge < -0.3 is 10.0 Å². The highest BCUT2D eigenvalue weighted by Gasteiger charge is 2.17. The standard InChI is InChI=1S/C6H12N2O2/c9-6(4-7-10)5-8-2-1-3-8/h6,9H,1-5H2. The van der Waals surface area contributed by atoms with E-state index in [0.29, 0.717) is 6.54 Å². The van der Waals surface area contributed by atoms with Crippen LogP contribution in [0.25, 0.3) is 0 Å². The number of aliphatic hydroxyl groups excluding tert-OH is 1. The Kier molecular flexibility index (Phi) is 2.77. The van der Waals surface area contributed by atoms with Gasteiger partial charge in [-0.25, -0.2) is 0 Å². The fraction of sp³-hybridized carbons (Fsp3) is 1.00. The number of nitrogens with zero attached hydrogens (tertiary/aromatic N) is 2. The molecule has 0 spiro atoms. The largest absolute Gasteiger partial charge is 0.390 e. The molecule has 1 aliphatic heterocycles. The van der Waals surface area contributed by atoms with E-state index in [1.54, 1.807) is 0 Å². The molecule has 1 saturated heterocycles. The summed E-state index contributed by atoms with van der Waals surface area (Å²) in [7, 11) is 0. The van der Waals surface area contributed by atoms with Crippen molar-refractivity contribution in [2.45, 2.75) is 12.5 Å². The Hall–Kier alpha value is -0.480. The molecule has 1 heterocycles. The zero-order chi connectivity index (χ0) is 7.40. The van der Waals surface area contributed by atoms with Gasteiger partial charge in [-0.05, 0) is 19.5 Å². The molecular weight excluding hydrogens is 132 g/mol. The third kappa shape index (κ3) is 2.04. The third-order valence-corrected chi connectivity index (χ3v) is 1.70. The summed E-state index contributed by atoms with van der Waals surface area (Å²) in [4.78, 5) is 11.8. The highest BCUT2D eigenvalue weighted by atomic mass is 16.3. The first-order valence-electron chi connectivity index (χ1n) is 3.52. The molecule has 0 aromatic carbocycles. The molecule has 0 bridgehead atoms. The Morgan fingerprint density at radius 3 is 2.70 bits per heavy atom. The average Bonchev–Trinajstić information content (AvgIpc) is 1.80. The fourth-order valence-corrected chi connectivity index (χ4v) is 1.01. The Bertz CT molecular complexity index is 114. The van der Waals surface area contributed by atoms with Gasteiger partial charge in [0.15, 0.2) is 0 Å². The van der Waals surface area contributed by atoms with E-state index in [9.17, 15) is 4.91 Å². The smallest absolute Gasteiger partial charge is 0.108 e. The van der Waals surface area contributed by atoms with E-state index in [0.717, 1.165) is 13.1 Å². The summed E-state index contributed by atoms with van der Waals surface area (Å²) < 4.78 is 0. The maximum atomic E-state index is 9.67. The van der Waals surface area contributed by atoms with Crippen LogP contribution in [0.4, 0.5) is 0 Å². The first-order valence-corrected chi connectivity index (χ1v) is 3.52. The van der Waals surface area contributed by atoms with Crippen LogP contribution in [0, 0.1) is 4.91 Å². The molecule has 4 nitrogen and oxygen atoms in total. The van der Waals surface area contributed by atoms with Crippen molar-refractivity contribution in [3.63, 3.8) is 0 Å². The van der Waals surface area contributed by atoms with Crippen molar-refractivity contribution in [1.29, 1.82) is 0 Å². The zero-order valence-corrected chi connectivity index (χ0v) is 5.86. The van der Waals surface area contributed by atoms with Gasteiger partial charge in [-0.1, -0.05) is 5.18 Å². The fourth-order valence-electron chi connectivity index (χ4n) is 1.01. The number of aliphatic hydroxyl groups is 1. The summed E-state index contributed by atoms with van der Waals surface area (Å²) in [5.74, 6) is 0. The number of hydrogen-bond donors (Lipinski definition) is 1. The highest BCUT2D eigenvalue weighted by molar-refractivity contribution is 4.72. The van der Waals surface area contributed by atoms with Crippen LogP contribution < -0.4 is 0 Å². The normalized spacial score (nSPS) is 21.7. The maximum absolute atomic E-state index is 9.67. The van der Waals surface area contributed by atoms with Crippen molar-refractivity contribution < 1.29 is 5.11 Å². The van der Waals surface area contributed by atoms with Crippen molar-refractivity contribution >= 4 is 0 Å². The van der Waals surface area contributed by atoms with E-state index in [2.05, 4.69) is 10.1 Å². The number of likely N-dealkylation sites (tertiary alicyclic amines) is 1. The predicted octanol–water partition coefficient (Wildman–Crippen LogP) is -0.181. The monoisotopic (exact) mass is 144 g/mol. The van der Waals surface area contributed by atoms with Gasteiger partial charge in [0.25, 0.3) is 0 Å². The number of β-amino-alcohol motifs (C(OH)–C–C–N with tert-alkyl or cyclic N) is 1. The van der Waals surface area contributed by atoms with Crippen LogP contribution in [0.3, 0.4) is 0 Å². The molecule has 0 aromatic rings. The molecular formula is C6H12N2O2. The SMILES string of the molecule is O=NCC(O)CN1CCC1. The number of rotatable bonds is 4. The summed E-state index contributed by atoms with van der Waals surface area (Å²) in [5.41, 5.74) is 0. The van der Waals surface area contributed by atoms with Crippen molar-refractivity contribution in [3.05, 3.63) is 4.91 Å². The van der Waals surface area contributed by atoms with E-state index >= 15 is 0 Å². The van der Waals surface area contributed by atoms with Crippen LogP contribution in [0.5, 0.6) is 0 Å². The number of hydrogen-bond acceptors (Lipinski definition) is 4. The van der Waals surface area contributed by atoms with Gasteiger partial charge in [0.05, 0.1) is 6.10 Å². The molecule has 1 atom stereocenters. The van der Waals surface area contributed by atoms with Gasteiger partial charge in [-0.15, -0.1) is 0 Å². The summed E-state index contributed by atoms with van der Waals surface area (Å²) in [6, 6.07) is 0. The average molecular weight is 144 g/mol. The van der Waals surface area contributed by atoms with Gasteiger partial charge >= 0.3 is 0 Å². The van der Waals surface area contributed by atoms with Crippen LogP contribution >= 0.6 is 0 Å². The van der Waals surface area contributed by atoms with E-state index < -0.39 is 6.10 Å². The van der Waals surface area contributed by atoms with Crippen molar-refractivity contribution in [1.82, 2.24) is 4.90 Å². The molecule has 10 heavy (non-hydrogen) atoms. The van der Waals surface area contributed by atoms with Crippen molar-refractivity contribution in [2.75, 3.05) is 26.2 Å². The molecule has 1 fully saturated rings. The van der Waals surface area contributed by atoms with Gasteiger partial charge in [-0.3, -0.25) is 0 Å². The lowest BCUT2D eigenvalue weighted by Gasteiger charge is -2.31. The number of nitroso groups, excluding NO2 is 1. The van der Waals surface area contributed by atoms with Crippen LogP contribution in [0.2, 0.25) is 0 Å². The minimum atomic E-state index is -0.558. The molecule has 0 aromatic heterocycles. The van der Waals surface area contributed by atoms with Gasteiger partial charge in [0.1, 0.15) is 6.54 Å². The van der Waals surface area contributed by atoms with Gasteiger partial charge in [-0.2, -0.15) is 4.91 Å². The topological polar surface area (TPSA) is 52.9 Å². The van der Waals surface area contributed by atoms with Crippen LogP contribution in [0.15, 0.2) is 5.18 Å². The Morgan fingerprint density at radius 1 is 1.60 bits per heavy atom. The maximum Gasteiger partial charge on any atom is 0.108 e. The van der Waals surface area contributed by atoms with E-state index in [1.807, 2.05) is 0 Å². The Balaban J connectivity index is 2.04. The van der Waals surface area contributed by atoms with E-state index in [1.165, 1.54) is 6.42 Å². The Labute approximate surface area is 59.8 Å². The lowest BCUT2D eigenvalue weighted by Crippen LogP contribution is -2.42. The molecule has 0 amide bonds.